The van der Waals surface area contributed by atoms with Crippen LogP contribution < -0.4 is 16.4 Å². The fourth-order valence-electron chi connectivity index (χ4n) is 2.85. The van der Waals surface area contributed by atoms with Crippen molar-refractivity contribution in [1.29, 1.82) is 0 Å². The van der Waals surface area contributed by atoms with E-state index in [4.69, 9.17) is 15.2 Å². The monoisotopic (exact) mass is 463 g/mol. The van der Waals surface area contributed by atoms with Gasteiger partial charge in [0.2, 0.25) is 11.8 Å². The Bertz CT molecular complexity index is 812. The molecule has 0 fully saturated rings. The summed E-state index contributed by atoms with van der Waals surface area (Å²) >= 11 is 0. The standard InChI is InChI=1S/C24H37N3O6/c1-23(2,3)32-20(29)15-17(26-19(28)12-13-25)21(30)27-18(22(31)33-24(4,5)6)14-16-10-8-7-9-11-16/h7-11,17-18H,12-15,25H2,1-6H3,(H,26,28)(H,27,30)/t17-,18-/m0/s1. The van der Waals surface area contributed by atoms with Crippen LogP contribution in [-0.2, 0) is 35.1 Å². The van der Waals surface area contributed by atoms with E-state index in [1.807, 2.05) is 30.3 Å². The second-order valence-corrected chi connectivity index (χ2v) is 9.73. The van der Waals surface area contributed by atoms with Crippen molar-refractivity contribution in [3.8, 4) is 0 Å². The molecule has 9 nitrogen and oxygen atoms in total. The maximum atomic E-state index is 13.1. The Kier molecular flexibility index (Phi) is 10.5. The number of hydrogen-bond donors (Lipinski definition) is 3. The minimum absolute atomic E-state index is 0.0163. The molecule has 33 heavy (non-hydrogen) atoms. The van der Waals surface area contributed by atoms with Gasteiger partial charge < -0.3 is 25.8 Å². The van der Waals surface area contributed by atoms with Crippen LogP contribution in [0.1, 0.15) is 59.9 Å². The van der Waals surface area contributed by atoms with Crippen LogP contribution in [0.15, 0.2) is 30.3 Å². The molecule has 2 atom stereocenters. The van der Waals surface area contributed by atoms with Crippen LogP contribution in [0, 0.1) is 0 Å². The van der Waals surface area contributed by atoms with E-state index < -0.39 is 53.5 Å². The van der Waals surface area contributed by atoms with Crippen molar-refractivity contribution < 1.29 is 28.7 Å². The highest BCUT2D eigenvalue weighted by atomic mass is 16.6. The molecule has 0 saturated carbocycles. The fraction of sp³-hybridized carbons (Fsp3) is 0.583. The predicted octanol–water partition coefficient (Wildman–Crippen LogP) is 1.62. The number of carbonyl (C=O) groups is 4. The molecule has 0 aliphatic rings. The summed E-state index contributed by atoms with van der Waals surface area (Å²) < 4.78 is 10.8. The van der Waals surface area contributed by atoms with E-state index in [0.29, 0.717) is 0 Å². The normalized spacial score (nSPS) is 13.4. The van der Waals surface area contributed by atoms with Gasteiger partial charge in [0.15, 0.2) is 0 Å². The van der Waals surface area contributed by atoms with Gasteiger partial charge in [0.1, 0.15) is 23.3 Å². The molecule has 1 rings (SSSR count). The predicted molar refractivity (Wildman–Crippen MR) is 124 cm³/mol. The number of hydrogen-bond acceptors (Lipinski definition) is 7. The Morgan fingerprint density at radius 3 is 1.97 bits per heavy atom. The molecule has 0 bridgehead atoms. The first-order valence-corrected chi connectivity index (χ1v) is 11.0. The minimum atomic E-state index is -1.24. The van der Waals surface area contributed by atoms with Gasteiger partial charge in [0.25, 0.3) is 0 Å². The Labute approximate surface area is 195 Å². The number of rotatable bonds is 10. The van der Waals surface area contributed by atoms with Crippen LogP contribution in [0.5, 0.6) is 0 Å². The average Bonchev–Trinajstić information content (AvgIpc) is 2.65. The van der Waals surface area contributed by atoms with Crippen LogP contribution >= 0.6 is 0 Å². The molecular weight excluding hydrogens is 426 g/mol. The molecule has 0 spiro atoms. The third-order valence-corrected chi connectivity index (χ3v) is 4.10. The summed E-state index contributed by atoms with van der Waals surface area (Å²) in [4.78, 5) is 50.4. The largest absolute Gasteiger partial charge is 0.460 e. The lowest BCUT2D eigenvalue weighted by Crippen LogP contribution is -2.54. The number of benzene rings is 1. The molecule has 1 aromatic rings. The van der Waals surface area contributed by atoms with Crippen molar-refractivity contribution in [2.75, 3.05) is 6.54 Å². The zero-order valence-corrected chi connectivity index (χ0v) is 20.4. The zero-order valence-electron chi connectivity index (χ0n) is 20.4. The van der Waals surface area contributed by atoms with Crippen molar-refractivity contribution in [3.05, 3.63) is 35.9 Å². The molecule has 0 aliphatic heterocycles. The van der Waals surface area contributed by atoms with E-state index in [1.54, 1.807) is 41.5 Å². The van der Waals surface area contributed by atoms with Gasteiger partial charge in [0, 0.05) is 19.4 Å². The van der Waals surface area contributed by atoms with Crippen LogP contribution in [0.4, 0.5) is 0 Å². The lowest BCUT2D eigenvalue weighted by molar-refractivity contribution is -0.159. The second kappa shape index (κ2) is 12.3. The maximum absolute atomic E-state index is 13.1. The summed E-state index contributed by atoms with van der Waals surface area (Å²) in [7, 11) is 0. The van der Waals surface area contributed by atoms with Gasteiger partial charge in [-0.15, -0.1) is 0 Å². The topological polar surface area (TPSA) is 137 Å². The number of nitrogens with one attached hydrogen (secondary N) is 2. The molecule has 0 aromatic heterocycles. The van der Waals surface area contributed by atoms with Crippen LogP contribution in [-0.4, -0.2) is 53.6 Å². The third-order valence-electron chi connectivity index (χ3n) is 4.10. The molecule has 9 heteroatoms. The van der Waals surface area contributed by atoms with Gasteiger partial charge in [-0.05, 0) is 47.1 Å². The fourth-order valence-corrected chi connectivity index (χ4v) is 2.85. The summed E-state index contributed by atoms with van der Waals surface area (Å²) in [5.41, 5.74) is 4.71. The van der Waals surface area contributed by atoms with Crippen molar-refractivity contribution in [1.82, 2.24) is 10.6 Å². The van der Waals surface area contributed by atoms with Gasteiger partial charge in [-0.1, -0.05) is 30.3 Å². The van der Waals surface area contributed by atoms with E-state index >= 15 is 0 Å². The highest BCUT2D eigenvalue weighted by molar-refractivity contribution is 5.93. The second-order valence-electron chi connectivity index (χ2n) is 9.73. The van der Waals surface area contributed by atoms with Crippen molar-refractivity contribution in [2.24, 2.45) is 5.73 Å². The molecule has 0 saturated heterocycles. The van der Waals surface area contributed by atoms with Crippen molar-refractivity contribution in [2.45, 2.75) is 84.1 Å². The van der Waals surface area contributed by atoms with Gasteiger partial charge >= 0.3 is 11.9 Å². The number of ether oxygens (including phenoxy) is 2. The van der Waals surface area contributed by atoms with E-state index in [1.165, 1.54) is 0 Å². The quantitative estimate of drug-likeness (QED) is 0.448. The molecule has 0 heterocycles. The molecule has 1 aromatic carbocycles. The molecule has 184 valence electrons. The lowest BCUT2D eigenvalue weighted by atomic mass is 10.0. The summed E-state index contributed by atoms with van der Waals surface area (Å²) in [6.45, 7) is 10.4. The molecular formula is C24H37N3O6. The Hall–Kier alpha value is -2.94. The minimum Gasteiger partial charge on any atom is -0.460 e. The number of amides is 2. The van der Waals surface area contributed by atoms with Crippen LogP contribution in [0.2, 0.25) is 0 Å². The molecule has 0 unspecified atom stereocenters. The first-order valence-electron chi connectivity index (χ1n) is 11.0. The van der Waals surface area contributed by atoms with Crippen molar-refractivity contribution in [3.63, 3.8) is 0 Å². The highest BCUT2D eigenvalue weighted by Gasteiger charge is 2.32. The maximum Gasteiger partial charge on any atom is 0.329 e. The first-order chi connectivity index (χ1) is 15.2. The highest BCUT2D eigenvalue weighted by Crippen LogP contribution is 2.13. The van der Waals surface area contributed by atoms with E-state index in [0.717, 1.165) is 5.56 Å². The molecule has 4 N–H and O–H groups in total. The van der Waals surface area contributed by atoms with Crippen LogP contribution in [0.25, 0.3) is 0 Å². The Morgan fingerprint density at radius 2 is 1.45 bits per heavy atom. The summed E-state index contributed by atoms with van der Waals surface area (Å²) in [6.07, 6.45) is -0.235. The van der Waals surface area contributed by atoms with Gasteiger partial charge in [-0.3, -0.25) is 14.4 Å². The van der Waals surface area contributed by atoms with Crippen molar-refractivity contribution >= 4 is 23.8 Å². The number of carbonyl (C=O) groups excluding carboxylic acids is 4. The third kappa shape index (κ3) is 12.0. The molecule has 0 radical (unpaired) electrons. The summed E-state index contributed by atoms with van der Waals surface area (Å²) in [5.74, 6) is -2.47. The van der Waals surface area contributed by atoms with E-state index in [9.17, 15) is 19.2 Å². The van der Waals surface area contributed by atoms with Crippen LogP contribution in [0.3, 0.4) is 0 Å². The first kappa shape index (κ1) is 28.1. The zero-order chi connectivity index (χ0) is 25.2. The number of esters is 2. The SMILES string of the molecule is CC(C)(C)OC(=O)C[C@H](NC(=O)CCN)C(=O)N[C@@H](Cc1ccccc1)C(=O)OC(C)(C)C. The van der Waals surface area contributed by atoms with Gasteiger partial charge in [-0.25, -0.2) is 4.79 Å². The lowest BCUT2D eigenvalue weighted by Gasteiger charge is -2.27. The van der Waals surface area contributed by atoms with Gasteiger partial charge in [-0.2, -0.15) is 0 Å². The number of nitrogens with two attached hydrogens (primary N) is 1. The Balaban J connectivity index is 3.08. The van der Waals surface area contributed by atoms with E-state index in [-0.39, 0.29) is 19.4 Å². The molecule has 0 aliphatic carbocycles. The molecule has 2 amide bonds. The summed E-state index contributed by atoms with van der Waals surface area (Å²) in [6, 6.07) is 6.87. The smallest absolute Gasteiger partial charge is 0.329 e. The summed E-state index contributed by atoms with van der Waals surface area (Å²) in [5, 5.41) is 5.14. The average molecular weight is 464 g/mol. The Morgan fingerprint density at radius 1 is 0.879 bits per heavy atom. The van der Waals surface area contributed by atoms with E-state index in [2.05, 4.69) is 10.6 Å². The van der Waals surface area contributed by atoms with Gasteiger partial charge in [0.05, 0.1) is 6.42 Å².